The van der Waals surface area contributed by atoms with Crippen molar-refractivity contribution in [2.45, 2.75) is 24.7 Å². The minimum Gasteiger partial charge on any atom is -0.365 e. The van der Waals surface area contributed by atoms with E-state index >= 15 is 0 Å². The van der Waals surface area contributed by atoms with Crippen LogP contribution >= 0.6 is 0 Å². The average Bonchev–Trinajstić information content (AvgIpc) is 3.36. The second-order valence-corrected chi connectivity index (χ2v) is 8.28. The smallest absolute Gasteiger partial charge is 0.253 e. The molecule has 24 heavy (non-hydrogen) atoms. The molecule has 0 aliphatic heterocycles. The maximum atomic E-state index is 12.7. The highest BCUT2D eigenvalue weighted by Crippen LogP contribution is 2.30. The first-order valence-corrected chi connectivity index (χ1v) is 9.61. The SMILES string of the molecule is Cc1cc(-c2ccccc2S(=O)(=O)COCC2CC2)cn(C)c1=O. The summed E-state index contributed by atoms with van der Waals surface area (Å²) in [4.78, 5) is 12.1. The molecule has 5 nitrogen and oxygen atoms in total. The molecule has 1 aliphatic rings. The molecule has 1 aliphatic carbocycles. The van der Waals surface area contributed by atoms with Gasteiger partial charge in [-0.25, -0.2) is 8.42 Å². The van der Waals surface area contributed by atoms with Gasteiger partial charge in [-0.2, -0.15) is 0 Å². The van der Waals surface area contributed by atoms with Crippen LogP contribution in [0.2, 0.25) is 0 Å². The standard InChI is InChI=1S/C18H21NO4S/c1-13-9-15(10-19(2)18(13)20)16-5-3-4-6-17(16)24(21,22)12-23-11-14-7-8-14/h3-6,9-10,14H,7-8,11-12H2,1-2H3. The zero-order chi connectivity index (χ0) is 17.3. The monoisotopic (exact) mass is 347 g/mol. The Bertz CT molecular complexity index is 885. The molecule has 0 radical (unpaired) electrons. The number of nitrogens with zero attached hydrogens (tertiary/aromatic N) is 1. The molecule has 0 amide bonds. The molecule has 1 heterocycles. The van der Waals surface area contributed by atoms with E-state index in [9.17, 15) is 13.2 Å². The van der Waals surface area contributed by atoms with E-state index in [4.69, 9.17) is 4.74 Å². The van der Waals surface area contributed by atoms with Crippen molar-refractivity contribution in [3.8, 4) is 11.1 Å². The van der Waals surface area contributed by atoms with Crippen molar-refractivity contribution < 1.29 is 13.2 Å². The van der Waals surface area contributed by atoms with Crippen molar-refractivity contribution in [1.29, 1.82) is 0 Å². The Kier molecular flexibility index (Phi) is 4.60. The van der Waals surface area contributed by atoms with Gasteiger partial charge in [-0.3, -0.25) is 4.79 Å². The minimum atomic E-state index is -3.55. The summed E-state index contributed by atoms with van der Waals surface area (Å²) in [5.74, 6) is 0.201. The van der Waals surface area contributed by atoms with E-state index in [0.29, 0.717) is 29.2 Å². The molecule has 6 heteroatoms. The van der Waals surface area contributed by atoms with Crippen LogP contribution in [0.4, 0.5) is 0 Å². The lowest BCUT2D eigenvalue weighted by Crippen LogP contribution is -2.19. The van der Waals surface area contributed by atoms with Crippen LogP contribution in [0, 0.1) is 12.8 Å². The molecule has 1 fully saturated rings. The van der Waals surface area contributed by atoms with Crippen molar-refractivity contribution in [2.24, 2.45) is 13.0 Å². The van der Waals surface area contributed by atoms with E-state index in [1.807, 2.05) is 0 Å². The molecule has 0 N–H and O–H groups in total. The summed E-state index contributed by atoms with van der Waals surface area (Å²) in [6.45, 7) is 2.22. The maximum absolute atomic E-state index is 12.7. The molecule has 2 aromatic rings. The van der Waals surface area contributed by atoms with Crippen LogP contribution < -0.4 is 5.56 Å². The maximum Gasteiger partial charge on any atom is 0.253 e. The molecule has 0 unspecified atom stereocenters. The fourth-order valence-electron chi connectivity index (χ4n) is 2.67. The third kappa shape index (κ3) is 3.60. The molecule has 1 aromatic carbocycles. The van der Waals surface area contributed by atoms with Crippen molar-refractivity contribution in [2.75, 3.05) is 12.5 Å². The van der Waals surface area contributed by atoms with Gasteiger partial charge in [-0.05, 0) is 43.4 Å². The molecule has 0 saturated heterocycles. The van der Waals surface area contributed by atoms with E-state index in [-0.39, 0.29) is 16.4 Å². The number of aryl methyl sites for hydroxylation is 2. The van der Waals surface area contributed by atoms with Gasteiger partial charge >= 0.3 is 0 Å². The largest absolute Gasteiger partial charge is 0.365 e. The Labute approximate surface area is 141 Å². The molecule has 1 saturated carbocycles. The van der Waals surface area contributed by atoms with Crippen LogP contribution in [0.1, 0.15) is 18.4 Å². The third-order valence-corrected chi connectivity index (χ3v) is 5.69. The number of hydrogen-bond donors (Lipinski definition) is 0. The lowest BCUT2D eigenvalue weighted by molar-refractivity contribution is 0.165. The summed E-state index contributed by atoms with van der Waals surface area (Å²) >= 11 is 0. The normalized spacial score (nSPS) is 14.8. The topological polar surface area (TPSA) is 65.4 Å². The fraction of sp³-hybridized carbons (Fsp3) is 0.389. The van der Waals surface area contributed by atoms with Gasteiger partial charge in [0.05, 0.1) is 11.5 Å². The predicted octanol–water partition coefficient (Wildman–Crippen LogP) is 2.52. The van der Waals surface area contributed by atoms with E-state index in [1.54, 1.807) is 50.5 Å². The predicted molar refractivity (Wildman–Crippen MR) is 92.6 cm³/mol. The Morgan fingerprint density at radius 3 is 2.62 bits per heavy atom. The van der Waals surface area contributed by atoms with Gasteiger partial charge < -0.3 is 9.30 Å². The Morgan fingerprint density at radius 1 is 1.25 bits per heavy atom. The van der Waals surface area contributed by atoms with Crippen LogP contribution in [0.25, 0.3) is 11.1 Å². The Hall–Kier alpha value is -1.92. The fourth-order valence-corrected chi connectivity index (χ4v) is 3.92. The van der Waals surface area contributed by atoms with E-state index in [0.717, 1.165) is 12.8 Å². The molecule has 0 bridgehead atoms. The first-order valence-electron chi connectivity index (χ1n) is 7.95. The lowest BCUT2D eigenvalue weighted by atomic mass is 10.1. The quantitative estimate of drug-likeness (QED) is 0.805. The zero-order valence-electron chi connectivity index (χ0n) is 13.9. The first-order chi connectivity index (χ1) is 11.4. The number of sulfone groups is 1. The number of ether oxygens (including phenoxy) is 1. The molecule has 0 atom stereocenters. The van der Waals surface area contributed by atoms with Gasteiger partial charge in [0.2, 0.25) is 9.84 Å². The van der Waals surface area contributed by atoms with Crippen LogP contribution in [0.5, 0.6) is 0 Å². The van der Waals surface area contributed by atoms with Gasteiger partial charge in [0.1, 0.15) is 0 Å². The summed E-state index contributed by atoms with van der Waals surface area (Å²) in [5.41, 5.74) is 1.78. The van der Waals surface area contributed by atoms with Crippen LogP contribution in [0.3, 0.4) is 0 Å². The number of aromatic nitrogens is 1. The highest BCUT2D eigenvalue weighted by molar-refractivity contribution is 7.91. The highest BCUT2D eigenvalue weighted by Gasteiger charge is 2.24. The average molecular weight is 347 g/mol. The van der Waals surface area contributed by atoms with Crippen molar-refractivity contribution in [3.05, 3.63) is 52.4 Å². The number of pyridine rings is 1. The third-order valence-electron chi connectivity index (χ3n) is 4.18. The Balaban J connectivity index is 1.96. The number of benzene rings is 1. The van der Waals surface area contributed by atoms with E-state index in [1.165, 1.54) is 4.57 Å². The van der Waals surface area contributed by atoms with Crippen molar-refractivity contribution in [1.82, 2.24) is 4.57 Å². The molecule has 1 aromatic heterocycles. The van der Waals surface area contributed by atoms with E-state index in [2.05, 4.69) is 0 Å². The van der Waals surface area contributed by atoms with Crippen LogP contribution in [-0.4, -0.2) is 25.5 Å². The van der Waals surface area contributed by atoms with Crippen LogP contribution in [-0.2, 0) is 21.6 Å². The summed E-state index contributed by atoms with van der Waals surface area (Å²) < 4.78 is 32.2. The number of hydrogen-bond acceptors (Lipinski definition) is 4. The second-order valence-electron chi connectivity index (χ2n) is 6.37. The first kappa shape index (κ1) is 16.9. The number of rotatable bonds is 6. The van der Waals surface area contributed by atoms with Crippen molar-refractivity contribution >= 4 is 9.84 Å². The summed E-state index contributed by atoms with van der Waals surface area (Å²) in [5, 5.41) is 0. The van der Waals surface area contributed by atoms with Gasteiger partial charge in [0.25, 0.3) is 5.56 Å². The molecule has 3 rings (SSSR count). The van der Waals surface area contributed by atoms with Gasteiger partial charge in [0, 0.05) is 24.4 Å². The molecular weight excluding hydrogens is 326 g/mol. The van der Waals surface area contributed by atoms with Gasteiger partial charge in [0.15, 0.2) is 5.94 Å². The van der Waals surface area contributed by atoms with Crippen LogP contribution in [0.15, 0.2) is 46.2 Å². The summed E-state index contributed by atoms with van der Waals surface area (Å²) in [6.07, 6.45) is 3.90. The highest BCUT2D eigenvalue weighted by atomic mass is 32.2. The zero-order valence-corrected chi connectivity index (χ0v) is 14.7. The Morgan fingerprint density at radius 2 is 1.96 bits per heavy atom. The van der Waals surface area contributed by atoms with E-state index < -0.39 is 9.84 Å². The van der Waals surface area contributed by atoms with Gasteiger partial charge in [-0.1, -0.05) is 18.2 Å². The molecular formula is C18H21NO4S. The lowest BCUT2D eigenvalue weighted by Gasteiger charge is -2.12. The van der Waals surface area contributed by atoms with Crippen molar-refractivity contribution in [3.63, 3.8) is 0 Å². The molecule has 128 valence electrons. The molecule has 0 spiro atoms. The summed E-state index contributed by atoms with van der Waals surface area (Å²) in [7, 11) is -1.89. The summed E-state index contributed by atoms with van der Waals surface area (Å²) in [6, 6.07) is 8.56. The second kappa shape index (κ2) is 6.53. The van der Waals surface area contributed by atoms with Gasteiger partial charge in [-0.15, -0.1) is 0 Å². The minimum absolute atomic E-state index is 0.0909.